The fourth-order valence-electron chi connectivity index (χ4n) is 2.37. The zero-order valence-electron chi connectivity index (χ0n) is 10.5. The standard InChI is InChI=1S/C14H19BrN2O/c15-12-7-11(9-16-10-12)8-14(18)5-4-13-3-1-2-6-17-13/h7,9-10,13,17H,1-6,8H2. The number of hydrogen-bond acceptors (Lipinski definition) is 3. The molecule has 1 aromatic rings. The van der Waals surface area contributed by atoms with Gasteiger partial charge in [-0.25, -0.2) is 0 Å². The Morgan fingerprint density at radius 1 is 1.44 bits per heavy atom. The molecular formula is C14H19BrN2O. The minimum Gasteiger partial charge on any atom is -0.314 e. The van der Waals surface area contributed by atoms with Crippen LogP contribution < -0.4 is 5.32 Å². The number of carbonyl (C=O) groups excluding carboxylic acids is 1. The average molecular weight is 311 g/mol. The molecule has 1 aromatic heterocycles. The third-order valence-electron chi connectivity index (χ3n) is 3.35. The molecule has 1 fully saturated rings. The Hall–Kier alpha value is -0.740. The maximum absolute atomic E-state index is 11.9. The van der Waals surface area contributed by atoms with Gasteiger partial charge in [0.25, 0.3) is 0 Å². The lowest BCUT2D eigenvalue weighted by molar-refractivity contribution is -0.118. The second-order valence-electron chi connectivity index (χ2n) is 4.91. The molecule has 0 saturated carbocycles. The van der Waals surface area contributed by atoms with E-state index in [0.29, 0.717) is 24.7 Å². The maximum Gasteiger partial charge on any atom is 0.137 e. The number of aromatic nitrogens is 1. The molecule has 1 atom stereocenters. The fraction of sp³-hybridized carbons (Fsp3) is 0.571. The molecule has 0 aliphatic carbocycles. The molecule has 0 amide bonds. The molecule has 2 rings (SSSR count). The number of nitrogens with zero attached hydrogens (tertiary/aromatic N) is 1. The lowest BCUT2D eigenvalue weighted by Crippen LogP contribution is -2.34. The Balaban J connectivity index is 1.74. The predicted octanol–water partition coefficient (Wildman–Crippen LogP) is 2.88. The number of Topliss-reactive ketones (excluding diaryl/α,β-unsaturated/α-hetero) is 1. The highest BCUT2D eigenvalue weighted by molar-refractivity contribution is 9.10. The molecule has 0 bridgehead atoms. The number of rotatable bonds is 5. The van der Waals surface area contributed by atoms with Crippen molar-refractivity contribution in [1.82, 2.24) is 10.3 Å². The Morgan fingerprint density at radius 2 is 2.33 bits per heavy atom. The summed E-state index contributed by atoms with van der Waals surface area (Å²) < 4.78 is 0.932. The molecule has 3 nitrogen and oxygen atoms in total. The molecule has 98 valence electrons. The Morgan fingerprint density at radius 3 is 3.06 bits per heavy atom. The van der Waals surface area contributed by atoms with E-state index in [4.69, 9.17) is 0 Å². The molecule has 2 heterocycles. The number of pyridine rings is 1. The molecule has 1 aliphatic heterocycles. The van der Waals surface area contributed by atoms with Crippen molar-refractivity contribution in [3.05, 3.63) is 28.5 Å². The van der Waals surface area contributed by atoms with E-state index in [1.807, 2.05) is 6.07 Å². The van der Waals surface area contributed by atoms with Crippen LogP contribution in [0, 0.1) is 0 Å². The summed E-state index contributed by atoms with van der Waals surface area (Å²) in [5, 5.41) is 3.48. The van der Waals surface area contributed by atoms with Gasteiger partial charge < -0.3 is 5.32 Å². The van der Waals surface area contributed by atoms with Gasteiger partial charge in [0.2, 0.25) is 0 Å². The van der Waals surface area contributed by atoms with Gasteiger partial charge in [-0.05, 0) is 53.4 Å². The number of hydrogen-bond donors (Lipinski definition) is 1. The first-order valence-electron chi connectivity index (χ1n) is 6.58. The minimum atomic E-state index is 0.308. The van der Waals surface area contributed by atoms with Crippen LogP contribution in [0.1, 0.15) is 37.7 Å². The Kier molecular flexibility index (Phi) is 5.32. The SMILES string of the molecule is O=C(CCC1CCCCN1)Cc1cncc(Br)c1. The van der Waals surface area contributed by atoms with E-state index >= 15 is 0 Å². The molecule has 1 unspecified atom stereocenters. The van der Waals surface area contributed by atoms with E-state index < -0.39 is 0 Å². The lowest BCUT2D eigenvalue weighted by Gasteiger charge is -2.22. The molecular weight excluding hydrogens is 292 g/mol. The van der Waals surface area contributed by atoms with E-state index in [0.717, 1.165) is 23.0 Å². The zero-order valence-corrected chi connectivity index (χ0v) is 12.1. The summed E-state index contributed by atoms with van der Waals surface area (Å²) in [4.78, 5) is 16.0. The topological polar surface area (TPSA) is 42.0 Å². The van der Waals surface area contributed by atoms with Crippen molar-refractivity contribution < 1.29 is 4.79 Å². The lowest BCUT2D eigenvalue weighted by atomic mass is 9.98. The highest BCUT2D eigenvalue weighted by Gasteiger charge is 2.14. The van der Waals surface area contributed by atoms with E-state index in [2.05, 4.69) is 26.2 Å². The normalized spacial score (nSPS) is 19.7. The van der Waals surface area contributed by atoms with Crippen LogP contribution >= 0.6 is 15.9 Å². The largest absolute Gasteiger partial charge is 0.314 e. The van der Waals surface area contributed by atoms with E-state index in [9.17, 15) is 4.79 Å². The second-order valence-corrected chi connectivity index (χ2v) is 5.83. The molecule has 0 aromatic carbocycles. The quantitative estimate of drug-likeness (QED) is 0.909. The summed E-state index contributed by atoms with van der Waals surface area (Å²) >= 11 is 3.37. The van der Waals surface area contributed by atoms with Crippen molar-refractivity contribution in [2.75, 3.05) is 6.54 Å². The van der Waals surface area contributed by atoms with Crippen LogP contribution in [0.2, 0.25) is 0 Å². The van der Waals surface area contributed by atoms with Gasteiger partial charge in [0.05, 0.1) is 0 Å². The van der Waals surface area contributed by atoms with Gasteiger partial charge in [-0.1, -0.05) is 6.42 Å². The average Bonchev–Trinajstić information content (AvgIpc) is 2.38. The smallest absolute Gasteiger partial charge is 0.137 e. The number of halogens is 1. The highest BCUT2D eigenvalue weighted by Crippen LogP contribution is 2.14. The molecule has 1 aliphatic rings. The summed E-state index contributed by atoms with van der Waals surface area (Å²) in [6.45, 7) is 1.11. The van der Waals surface area contributed by atoms with Crippen molar-refractivity contribution in [1.29, 1.82) is 0 Å². The Bertz CT molecular complexity index is 403. The van der Waals surface area contributed by atoms with Gasteiger partial charge >= 0.3 is 0 Å². The van der Waals surface area contributed by atoms with Crippen molar-refractivity contribution in [3.63, 3.8) is 0 Å². The van der Waals surface area contributed by atoms with Crippen LogP contribution in [0.3, 0.4) is 0 Å². The van der Waals surface area contributed by atoms with Crippen LogP contribution in [0.4, 0.5) is 0 Å². The highest BCUT2D eigenvalue weighted by atomic mass is 79.9. The zero-order chi connectivity index (χ0) is 12.8. The van der Waals surface area contributed by atoms with E-state index in [1.165, 1.54) is 19.3 Å². The van der Waals surface area contributed by atoms with Gasteiger partial charge in [0, 0.05) is 35.7 Å². The molecule has 0 spiro atoms. The van der Waals surface area contributed by atoms with E-state index in [-0.39, 0.29) is 0 Å². The number of nitrogens with one attached hydrogen (secondary N) is 1. The number of carbonyl (C=O) groups is 1. The van der Waals surface area contributed by atoms with E-state index in [1.54, 1.807) is 12.4 Å². The van der Waals surface area contributed by atoms with Crippen LogP contribution in [0.15, 0.2) is 22.9 Å². The Labute approximate surface area is 117 Å². The summed E-state index contributed by atoms with van der Waals surface area (Å²) in [7, 11) is 0. The first-order chi connectivity index (χ1) is 8.74. The van der Waals surface area contributed by atoms with Gasteiger partial charge in [0.1, 0.15) is 5.78 Å². The predicted molar refractivity (Wildman–Crippen MR) is 75.5 cm³/mol. The van der Waals surface area contributed by atoms with Gasteiger partial charge in [-0.2, -0.15) is 0 Å². The van der Waals surface area contributed by atoms with Crippen LogP contribution in [0.5, 0.6) is 0 Å². The number of piperidine rings is 1. The summed E-state index contributed by atoms with van der Waals surface area (Å²) in [5.74, 6) is 0.308. The minimum absolute atomic E-state index is 0.308. The van der Waals surface area contributed by atoms with Crippen LogP contribution in [-0.4, -0.2) is 23.4 Å². The van der Waals surface area contributed by atoms with Crippen molar-refractivity contribution in [2.45, 2.75) is 44.6 Å². The van der Waals surface area contributed by atoms with Crippen LogP contribution in [0.25, 0.3) is 0 Å². The third-order valence-corrected chi connectivity index (χ3v) is 3.78. The second kappa shape index (κ2) is 7.00. The first-order valence-corrected chi connectivity index (χ1v) is 7.38. The third kappa shape index (κ3) is 4.50. The molecule has 18 heavy (non-hydrogen) atoms. The van der Waals surface area contributed by atoms with Gasteiger partial charge in [-0.3, -0.25) is 9.78 Å². The fourth-order valence-corrected chi connectivity index (χ4v) is 2.79. The van der Waals surface area contributed by atoms with Gasteiger partial charge in [0.15, 0.2) is 0 Å². The first kappa shape index (κ1) is 13.7. The summed E-state index contributed by atoms with van der Waals surface area (Å²) in [5.41, 5.74) is 0.992. The molecule has 1 saturated heterocycles. The van der Waals surface area contributed by atoms with Crippen molar-refractivity contribution in [2.24, 2.45) is 0 Å². The van der Waals surface area contributed by atoms with Crippen molar-refractivity contribution >= 4 is 21.7 Å². The maximum atomic E-state index is 11.9. The monoisotopic (exact) mass is 310 g/mol. The molecule has 0 radical (unpaired) electrons. The number of ketones is 1. The summed E-state index contributed by atoms with van der Waals surface area (Å²) in [6, 6.07) is 2.51. The van der Waals surface area contributed by atoms with Crippen LogP contribution in [-0.2, 0) is 11.2 Å². The van der Waals surface area contributed by atoms with Gasteiger partial charge in [-0.15, -0.1) is 0 Å². The molecule has 1 N–H and O–H groups in total. The van der Waals surface area contributed by atoms with Crippen molar-refractivity contribution in [3.8, 4) is 0 Å². The molecule has 4 heteroatoms. The summed E-state index contributed by atoms with van der Waals surface area (Å²) in [6.07, 6.45) is 9.42.